The number of benzene rings is 1. The summed E-state index contributed by atoms with van der Waals surface area (Å²) in [5.74, 6) is -0.218. The summed E-state index contributed by atoms with van der Waals surface area (Å²) in [7, 11) is 1.98. The highest BCUT2D eigenvalue weighted by atomic mass is 32.1. The smallest absolute Gasteiger partial charge is 0.123 e. The molecule has 0 saturated heterocycles. The van der Waals surface area contributed by atoms with Crippen LogP contribution in [0.15, 0.2) is 29.1 Å². The molecule has 1 heterocycles. The maximum Gasteiger partial charge on any atom is 0.123 e. The lowest BCUT2D eigenvalue weighted by molar-refractivity contribution is 0.625. The molecule has 96 valence electrons. The van der Waals surface area contributed by atoms with Gasteiger partial charge in [-0.2, -0.15) is 0 Å². The molecule has 3 nitrogen and oxygen atoms in total. The molecule has 0 bridgehead atoms. The van der Waals surface area contributed by atoms with E-state index in [0.717, 1.165) is 16.9 Å². The van der Waals surface area contributed by atoms with Crippen molar-refractivity contribution in [3.05, 3.63) is 46.2 Å². The highest BCUT2D eigenvalue weighted by Crippen LogP contribution is 2.22. The van der Waals surface area contributed by atoms with Crippen LogP contribution in [-0.4, -0.2) is 18.6 Å². The van der Waals surface area contributed by atoms with E-state index in [4.69, 9.17) is 5.73 Å². The summed E-state index contributed by atoms with van der Waals surface area (Å²) in [6.45, 7) is 1.23. The molecule has 0 atom stereocenters. The van der Waals surface area contributed by atoms with E-state index in [2.05, 4.69) is 9.88 Å². The molecular formula is C13H16FN3S. The Bertz CT molecular complexity index is 499. The molecule has 0 amide bonds. The Labute approximate surface area is 110 Å². The largest absolute Gasteiger partial charge is 0.368 e. The molecule has 0 radical (unpaired) electrons. The van der Waals surface area contributed by atoms with Crippen LogP contribution in [0.1, 0.15) is 11.3 Å². The summed E-state index contributed by atoms with van der Waals surface area (Å²) < 4.78 is 13.2. The summed E-state index contributed by atoms with van der Waals surface area (Å²) in [5, 5.41) is 2.02. The van der Waals surface area contributed by atoms with Gasteiger partial charge in [0.25, 0.3) is 0 Å². The number of nitrogens with zero attached hydrogens (tertiary/aromatic N) is 2. The third-order valence-corrected chi connectivity index (χ3v) is 3.38. The molecule has 0 spiro atoms. The summed E-state index contributed by atoms with van der Waals surface area (Å²) >= 11 is 1.58. The number of halogens is 1. The van der Waals surface area contributed by atoms with Crippen molar-refractivity contribution in [1.29, 1.82) is 0 Å². The predicted octanol–water partition coefficient (Wildman–Crippen LogP) is 2.42. The molecule has 2 N–H and O–H groups in total. The SMILES string of the molecule is CN(Cc1cscn1)c1ccc(F)cc1CCN. The Morgan fingerprint density at radius 1 is 1.44 bits per heavy atom. The summed E-state index contributed by atoms with van der Waals surface area (Å²) in [5.41, 5.74) is 10.3. The fraction of sp³-hybridized carbons (Fsp3) is 0.308. The van der Waals surface area contributed by atoms with Crippen LogP contribution in [0.4, 0.5) is 10.1 Å². The van der Waals surface area contributed by atoms with E-state index in [1.807, 2.05) is 17.9 Å². The first-order valence-electron chi connectivity index (χ1n) is 5.77. The van der Waals surface area contributed by atoms with Crippen LogP contribution in [0, 0.1) is 5.82 Å². The molecule has 18 heavy (non-hydrogen) atoms. The summed E-state index contributed by atoms with van der Waals surface area (Å²) in [4.78, 5) is 6.32. The van der Waals surface area contributed by atoms with E-state index in [-0.39, 0.29) is 5.82 Å². The second-order valence-electron chi connectivity index (χ2n) is 4.15. The normalized spacial score (nSPS) is 10.6. The monoisotopic (exact) mass is 265 g/mol. The highest BCUT2D eigenvalue weighted by molar-refractivity contribution is 7.07. The van der Waals surface area contributed by atoms with Gasteiger partial charge in [-0.3, -0.25) is 0 Å². The van der Waals surface area contributed by atoms with Crippen molar-refractivity contribution in [2.24, 2.45) is 5.73 Å². The second-order valence-corrected chi connectivity index (χ2v) is 4.87. The summed E-state index contributed by atoms with van der Waals surface area (Å²) in [6.07, 6.45) is 0.675. The van der Waals surface area contributed by atoms with E-state index in [1.54, 1.807) is 23.5 Å². The first-order valence-corrected chi connectivity index (χ1v) is 6.71. The number of hydrogen-bond acceptors (Lipinski definition) is 4. The standard InChI is InChI=1S/C13H16FN3S/c1-17(7-12-8-18-9-16-12)13-3-2-11(14)6-10(13)4-5-15/h2-3,6,8-9H,4-5,7,15H2,1H3. The molecule has 0 aliphatic rings. The number of rotatable bonds is 5. The van der Waals surface area contributed by atoms with Crippen molar-refractivity contribution in [2.45, 2.75) is 13.0 Å². The topological polar surface area (TPSA) is 42.2 Å². The molecule has 0 aliphatic carbocycles. The summed E-state index contributed by atoms with van der Waals surface area (Å²) in [6, 6.07) is 4.83. The van der Waals surface area contributed by atoms with Crippen LogP contribution < -0.4 is 10.6 Å². The first kappa shape index (κ1) is 13.0. The fourth-order valence-electron chi connectivity index (χ4n) is 1.93. The van der Waals surface area contributed by atoms with Gasteiger partial charge in [-0.15, -0.1) is 11.3 Å². The average Bonchev–Trinajstić information content (AvgIpc) is 2.82. The van der Waals surface area contributed by atoms with Crippen molar-refractivity contribution in [2.75, 3.05) is 18.5 Å². The zero-order valence-electron chi connectivity index (χ0n) is 10.3. The van der Waals surface area contributed by atoms with Crippen LogP contribution >= 0.6 is 11.3 Å². The molecule has 2 rings (SSSR count). The van der Waals surface area contributed by atoms with Crippen molar-refractivity contribution >= 4 is 17.0 Å². The Hall–Kier alpha value is -1.46. The quantitative estimate of drug-likeness (QED) is 0.902. The Balaban J connectivity index is 2.20. The van der Waals surface area contributed by atoms with E-state index >= 15 is 0 Å². The minimum Gasteiger partial charge on any atom is -0.368 e. The molecule has 0 saturated carbocycles. The van der Waals surface area contributed by atoms with E-state index in [0.29, 0.717) is 19.5 Å². The minimum atomic E-state index is -0.218. The van der Waals surface area contributed by atoms with Crippen LogP contribution in [0.2, 0.25) is 0 Å². The third-order valence-electron chi connectivity index (χ3n) is 2.75. The third kappa shape index (κ3) is 3.05. The number of thiazole rings is 1. The zero-order chi connectivity index (χ0) is 13.0. The van der Waals surface area contributed by atoms with Gasteiger partial charge in [0.2, 0.25) is 0 Å². The van der Waals surface area contributed by atoms with Crippen molar-refractivity contribution < 1.29 is 4.39 Å². The van der Waals surface area contributed by atoms with Crippen molar-refractivity contribution in [3.8, 4) is 0 Å². The second kappa shape index (κ2) is 5.93. The van der Waals surface area contributed by atoms with Gasteiger partial charge < -0.3 is 10.6 Å². The van der Waals surface area contributed by atoms with Gasteiger partial charge in [0, 0.05) is 18.1 Å². The number of aromatic nitrogens is 1. The molecule has 5 heteroatoms. The van der Waals surface area contributed by atoms with Gasteiger partial charge in [-0.25, -0.2) is 9.37 Å². The van der Waals surface area contributed by atoms with E-state index in [9.17, 15) is 4.39 Å². The molecular weight excluding hydrogens is 249 g/mol. The molecule has 0 unspecified atom stereocenters. The average molecular weight is 265 g/mol. The Kier molecular flexibility index (Phi) is 4.28. The fourth-order valence-corrected chi connectivity index (χ4v) is 2.48. The van der Waals surface area contributed by atoms with Crippen LogP contribution in [0.3, 0.4) is 0 Å². The van der Waals surface area contributed by atoms with Gasteiger partial charge >= 0.3 is 0 Å². The lowest BCUT2D eigenvalue weighted by Crippen LogP contribution is -2.19. The van der Waals surface area contributed by atoms with Crippen molar-refractivity contribution in [3.63, 3.8) is 0 Å². The molecule has 0 fully saturated rings. The predicted molar refractivity (Wildman–Crippen MR) is 73.4 cm³/mol. The maximum atomic E-state index is 13.2. The number of nitrogens with two attached hydrogens (primary N) is 1. The van der Waals surface area contributed by atoms with Crippen LogP contribution in [-0.2, 0) is 13.0 Å². The first-order chi connectivity index (χ1) is 8.70. The molecule has 2 aromatic rings. The lowest BCUT2D eigenvalue weighted by atomic mass is 10.1. The zero-order valence-corrected chi connectivity index (χ0v) is 11.1. The van der Waals surface area contributed by atoms with Crippen LogP contribution in [0.5, 0.6) is 0 Å². The number of anilines is 1. The van der Waals surface area contributed by atoms with Crippen LogP contribution in [0.25, 0.3) is 0 Å². The number of hydrogen-bond donors (Lipinski definition) is 1. The molecule has 1 aromatic heterocycles. The van der Waals surface area contributed by atoms with Gasteiger partial charge in [0.05, 0.1) is 17.7 Å². The Morgan fingerprint density at radius 3 is 2.94 bits per heavy atom. The van der Waals surface area contributed by atoms with E-state index < -0.39 is 0 Å². The van der Waals surface area contributed by atoms with Gasteiger partial charge in [0.15, 0.2) is 0 Å². The maximum absolute atomic E-state index is 13.2. The van der Waals surface area contributed by atoms with Gasteiger partial charge in [-0.05, 0) is 36.7 Å². The minimum absolute atomic E-state index is 0.218. The van der Waals surface area contributed by atoms with Gasteiger partial charge in [-0.1, -0.05) is 0 Å². The molecule has 0 aliphatic heterocycles. The van der Waals surface area contributed by atoms with Crippen molar-refractivity contribution in [1.82, 2.24) is 4.98 Å². The highest BCUT2D eigenvalue weighted by Gasteiger charge is 2.09. The lowest BCUT2D eigenvalue weighted by Gasteiger charge is -2.21. The Morgan fingerprint density at radius 2 is 2.28 bits per heavy atom. The van der Waals surface area contributed by atoms with E-state index in [1.165, 1.54) is 6.07 Å². The molecule has 1 aromatic carbocycles. The van der Waals surface area contributed by atoms with Gasteiger partial charge in [0.1, 0.15) is 5.82 Å².